The van der Waals surface area contributed by atoms with Crippen LogP contribution < -0.4 is 10.1 Å². The van der Waals surface area contributed by atoms with Gasteiger partial charge in [-0.2, -0.15) is 9.61 Å². The third kappa shape index (κ3) is 4.26. The lowest BCUT2D eigenvalue weighted by Crippen LogP contribution is -2.32. The molecular weight excluding hydrogens is 378 g/mol. The standard InChI is InChI=1S/C19H21N5O3S/c1-26-14-6-4-13(5-7-14)19-22-21-16-8-9-18(23-24(16)19)28-12-17(25)20-11-15-3-2-10-27-15/h4-9,15H,2-3,10-12H2,1H3,(H,20,25)/t15-/m0/s1. The van der Waals surface area contributed by atoms with Crippen LogP contribution in [0.15, 0.2) is 41.4 Å². The molecule has 28 heavy (non-hydrogen) atoms. The summed E-state index contributed by atoms with van der Waals surface area (Å²) < 4.78 is 12.4. The van der Waals surface area contributed by atoms with E-state index in [1.807, 2.05) is 36.4 Å². The van der Waals surface area contributed by atoms with Crippen LogP contribution in [0.2, 0.25) is 0 Å². The zero-order valence-corrected chi connectivity index (χ0v) is 16.3. The van der Waals surface area contributed by atoms with Gasteiger partial charge in [-0.3, -0.25) is 4.79 Å². The monoisotopic (exact) mass is 399 g/mol. The second-order valence-corrected chi connectivity index (χ2v) is 7.42. The molecule has 4 rings (SSSR count). The number of hydrogen-bond acceptors (Lipinski definition) is 7. The molecule has 1 aliphatic heterocycles. The molecular formula is C19H21N5O3S. The molecule has 1 amide bonds. The molecule has 146 valence electrons. The van der Waals surface area contributed by atoms with E-state index in [1.165, 1.54) is 11.8 Å². The van der Waals surface area contributed by atoms with Gasteiger partial charge in [0.05, 0.1) is 19.0 Å². The maximum atomic E-state index is 12.1. The van der Waals surface area contributed by atoms with Crippen LogP contribution in [0.5, 0.6) is 5.75 Å². The number of nitrogens with one attached hydrogen (secondary N) is 1. The lowest BCUT2D eigenvalue weighted by atomic mass is 10.2. The van der Waals surface area contributed by atoms with Crippen LogP contribution >= 0.6 is 11.8 Å². The third-order valence-corrected chi connectivity index (χ3v) is 5.41. The van der Waals surface area contributed by atoms with Crippen molar-refractivity contribution in [3.8, 4) is 17.1 Å². The zero-order valence-electron chi connectivity index (χ0n) is 15.5. The largest absolute Gasteiger partial charge is 0.497 e. The van der Waals surface area contributed by atoms with E-state index >= 15 is 0 Å². The molecule has 0 radical (unpaired) electrons. The van der Waals surface area contributed by atoms with E-state index in [2.05, 4.69) is 20.6 Å². The maximum absolute atomic E-state index is 12.1. The van der Waals surface area contributed by atoms with Crippen LogP contribution in [0.3, 0.4) is 0 Å². The predicted octanol–water partition coefficient (Wildman–Crippen LogP) is 2.19. The molecule has 0 spiro atoms. The highest BCUT2D eigenvalue weighted by Crippen LogP contribution is 2.22. The number of thioether (sulfide) groups is 1. The fourth-order valence-corrected chi connectivity index (χ4v) is 3.68. The highest BCUT2D eigenvalue weighted by Gasteiger charge is 2.16. The number of carbonyl (C=O) groups excluding carboxylic acids is 1. The second kappa shape index (κ2) is 8.57. The van der Waals surface area contributed by atoms with Gasteiger partial charge in [-0.05, 0) is 49.2 Å². The molecule has 9 heteroatoms. The number of fused-ring (bicyclic) bond motifs is 1. The first-order valence-electron chi connectivity index (χ1n) is 9.11. The Kier molecular flexibility index (Phi) is 5.73. The van der Waals surface area contributed by atoms with Crippen LogP contribution in [0.4, 0.5) is 0 Å². The SMILES string of the molecule is COc1ccc(-c2nnc3ccc(SCC(=O)NC[C@@H]4CCCO4)nn23)cc1. The molecule has 1 aliphatic rings. The topological polar surface area (TPSA) is 90.6 Å². The minimum Gasteiger partial charge on any atom is -0.497 e. The first-order chi connectivity index (χ1) is 13.7. The van der Waals surface area contributed by atoms with Crippen molar-refractivity contribution in [2.45, 2.75) is 24.0 Å². The van der Waals surface area contributed by atoms with E-state index in [9.17, 15) is 4.79 Å². The molecule has 1 N–H and O–H groups in total. The Balaban J connectivity index is 1.42. The average Bonchev–Trinajstić information content (AvgIpc) is 3.40. The Bertz CT molecular complexity index is 954. The van der Waals surface area contributed by atoms with Crippen LogP contribution in [-0.4, -0.2) is 57.8 Å². The van der Waals surface area contributed by atoms with Gasteiger partial charge in [0.25, 0.3) is 0 Å². The normalized spacial score (nSPS) is 16.4. The fourth-order valence-electron chi connectivity index (χ4n) is 2.99. The van der Waals surface area contributed by atoms with Crippen molar-refractivity contribution in [3.05, 3.63) is 36.4 Å². The second-order valence-electron chi connectivity index (χ2n) is 6.42. The number of aromatic nitrogens is 4. The molecule has 8 nitrogen and oxygen atoms in total. The van der Waals surface area contributed by atoms with Gasteiger partial charge >= 0.3 is 0 Å². The Hall–Kier alpha value is -2.65. The summed E-state index contributed by atoms with van der Waals surface area (Å²) in [4.78, 5) is 12.1. The van der Waals surface area contributed by atoms with E-state index in [0.29, 0.717) is 23.8 Å². The van der Waals surface area contributed by atoms with E-state index in [1.54, 1.807) is 11.6 Å². The number of benzene rings is 1. The fraction of sp³-hybridized carbons (Fsp3) is 0.368. The predicted molar refractivity (Wildman–Crippen MR) is 105 cm³/mol. The Labute approximate surface area is 166 Å². The number of nitrogens with zero attached hydrogens (tertiary/aromatic N) is 4. The van der Waals surface area contributed by atoms with Crippen LogP contribution in [-0.2, 0) is 9.53 Å². The smallest absolute Gasteiger partial charge is 0.230 e. The van der Waals surface area contributed by atoms with Gasteiger partial charge in [-0.1, -0.05) is 11.8 Å². The Morgan fingerprint density at radius 2 is 2.14 bits per heavy atom. The number of methoxy groups -OCH3 is 1. The Morgan fingerprint density at radius 3 is 2.89 bits per heavy atom. The van der Waals surface area contributed by atoms with Crippen molar-refractivity contribution in [2.75, 3.05) is 26.0 Å². The minimum atomic E-state index is -0.0264. The van der Waals surface area contributed by atoms with E-state index in [4.69, 9.17) is 9.47 Å². The van der Waals surface area contributed by atoms with Gasteiger partial charge in [0.2, 0.25) is 5.91 Å². The van der Waals surface area contributed by atoms with Crippen molar-refractivity contribution >= 4 is 23.3 Å². The van der Waals surface area contributed by atoms with E-state index < -0.39 is 0 Å². The number of ether oxygens (including phenoxy) is 2. The first kappa shape index (κ1) is 18.7. The quantitative estimate of drug-likeness (QED) is 0.609. The summed E-state index contributed by atoms with van der Waals surface area (Å²) >= 11 is 1.38. The van der Waals surface area contributed by atoms with Crippen LogP contribution in [0.25, 0.3) is 17.0 Å². The lowest BCUT2D eigenvalue weighted by Gasteiger charge is -2.10. The van der Waals surface area contributed by atoms with Crippen molar-refractivity contribution in [1.29, 1.82) is 0 Å². The summed E-state index contributed by atoms with van der Waals surface area (Å²) in [7, 11) is 1.63. The molecule has 0 saturated carbocycles. The van der Waals surface area contributed by atoms with Gasteiger partial charge in [0, 0.05) is 18.7 Å². The van der Waals surface area contributed by atoms with E-state index in [-0.39, 0.29) is 12.0 Å². The summed E-state index contributed by atoms with van der Waals surface area (Å²) in [5, 5.41) is 16.6. The molecule has 1 saturated heterocycles. The molecule has 0 aliphatic carbocycles. The van der Waals surface area contributed by atoms with Crippen LogP contribution in [0.1, 0.15) is 12.8 Å². The van der Waals surface area contributed by atoms with Crippen molar-refractivity contribution < 1.29 is 14.3 Å². The average molecular weight is 399 g/mol. The van der Waals surface area contributed by atoms with Gasteiger partial charge in [0.15, 0.2) is 11.5 Å². The van der Waals surface area contributed by atoms with Crippen molar-refractivity contribution in [3.63, 3.8) is 0 Å². The van der Waals surface area contributed by atoms with Gasteiger partial charge in [-0.15, -0.1) is 10.2 Å². The zero-order chi connectivity index (χ0) is 19.3. The number of amides is 1. The summed E-state index contributed by atoms with van der Waals surface area (Å²) in [6, 6.07) is 11.3. The number of rotatable bonds is 7. The molecule has 3 heterocycles. The van der Waals surface area contributed by atoms with Crippen molar-refractivity contribution in [1.82, 2.24) is 25.1 Å². The van der Waals surface area contributed by atoms with Crippen molar-refractivity contribution in [2.24, 2.45) is 0 Å². The molecule has 2 aromatic heterocycles. The summed E-state index contributed by atoms with van der Waals surface area (Å²) in [5.74, 6) is 1.69. The van der Waals surface area contributed by atoms with Gasteiger partial charge in [-0.25, -0.2) is 0 Å². The number of carbonyl (C=O) groups is 1. The molecule has 3 aromatic rings. The van der Waals surface area contributed by atoms with Gasteiger partial charge < -0.3 is 14.8 Å². The minimum absolute atomic E-state index is 0.0264. The number of hydrogen-bond donors (Lipinski definition) is 1. The molecule has 1 fully saturated rings. The third-order valence-electron chi connectivity index (χ3n) is 4.49. The van der Waals surface area contributed by atoms with Gasteiger partial charge in [0.1, 0.15) is 10.8 Å². The highest BCUT2D eigenvalue weighted by atomic mass is 32.2. The van der Waals surface area contributed by atoms with E-state index in [0.717, 1.165) is 35.8 Å². The highest BCUT2D eigenvalue weighted by molar-refractivity contribution is 7.99. The molecule has 0 unspecified atom stereocenters. The maximum Gasteiger partial charge on any atom is 0.230 e. The molecule has 1 atom stereocenters. The first-order valence-corrected chi connectivity index (χ1v) is 10.1. The summed E-state index contributed by atoms with van der Waals surface area (Å²) in [6.45, 7) is 1.35. The summed E-state index contributed by atoms with van der Waals surface area (Å²) in [6.07, 6.45) is 2.22. The molecule has 0 bridgehead atoms. The van der Waals surface area contributed by atoms with Crippen LogP contribution in [0, 0.1) is 0 Å². The molecule has 1 aromatic carbocycles. The summed E-state index contributed by atoms with van der Waals surface area (Å²) in [5.41, 5.74) is 1.54. The Morgan fingerprint density at radius 1 is 1.29 bits per heavy atom. The lowest BCUT2D eigenvalue weighted by molar-refractivity contribution is -0.119.